The number of anilines is 2. The molecule has 0 spiro atoms. The maximum atomic E-state index is 15.2. The third-order valence-electron chi connectivity index (χ3n) is 6.22. The van der Waals surface area contributed by atoms with E-state index < -0.39 is 17.8 Å². The van der Waals surface area contributed by atoms with Crippen LogP contribution < -0.4 is 4.90 Å². The predicted molar refractivity (Wildman–Crippen MR) is 128 cm³/mol. The number of fused-ring (bicyclic) bond motifs is 4. The standard InChI is InChI=1S/C26H17F4N7/c1-15-34-35-25-33-23(22-19(27)7-3-9-21(22)37(15)25)36-12-4-6-18-17(5-2-8-20(18)36)11-10-16-13-31-24(32-14-16)26(28,29)30/h2-3,5,7-9,13-14H,4,6,12H2,1H3. The lowest BCUT2D eigenvalue weighted by atomic mass is 9.96. The molecule has 0 radical (unpaired) electrons. The van der Waals surface area contributed by atoms with Crippen LogP contribution in [0.3, 0.4) is 0 Å². The molecule has 0 saturated carbocycles. The highest BCUT2D eigenvalue weighted by atomic mass is 19.4. The number of alkyl halides is 3. The van der Waals surface area contributed by atoms with E-state index in [1.165, 1.54) is 6.07 Å². The summed E-state index contributed by atoms with van der Waals surface area (Å²) in [4.78, 5) is 13.4. The smallest absolute Gasteiger partial charge is 0.325 e. The molecule has 4 heterocycles. The van der Waals surface area contributed by atoms with Crippen molar-refractivity contribution in [3.8, 4) is 11.8 Å². The largest absolute Gasteiger partial charge is 0.451 e. The molecule has 1 aliphatic rings. The van der Waals surface area contributed by atoms with Crippen LogP contribution in [0.1, 0.15) is 34.8 Å². The third kappa shape index (κ3) is 3.91. The first-order valence-electron chi connectivity index (χ1n) is 11.4. The fourth-order valence-electron chi connectivity index (χ4n) is 4.61. The minimum atomic E-state index is -4.61. The van der Waals surface area contributed by atoms with E-state index in [9.17, 15) is 13.2 Å². The number of halogens is 4. The molecule has 0 unspecified atom stereocenters. The zero-order chi connectivity index (χ0) is 25.7. The van der Waals surface area contributed by atoms with Crippen molar-refractivity contribution in [3.05, 3.63) is 82.9 Å². The molecule has 0 aliphatic carbocycles. The average Bonchev–Trinajstić information content (AvgIpc) is 3.27. The summed E-state index contributed by atoms with van der Waals surface area (Å²) in [5.74, 6) is 5.70. The van der Waals surface area contributed by atoms with Gasteiger partial charge in [0.15, 0.2) is 0 Å². The maximum absolute atomic E-state index is 15.2. The van der Waals surface area contributed by atoms with Crippen LogP contribution in [-0.2, 0) is 12.6 Å². The highest BCUT2D eigenvalue weighted by Crippen LogP contribution is 2.38. The number of rotatable bonds is 1. The second-order valence-corrected chi connectivity index (χ2v) is 8.55. The lowest BCUT2D eigenvalue weighted by Crippen LogP contribution is -2.26. The van der Waals surface area contributed by atoms with E-state index in [2.05, 4.69) is 37.0 Å². The highest BCUT2D eigenvalue weighted by Gasteiger charge is 2.34. The van der Waals surface area contributed by atoms with Gasteiger partial charge < -0.3 is 4.90 Å². The van der Waals surface area contributed by atoms with Crippen LogP contribution in [-0.4, -0.2) is 36.1 Å². The Morgan fingerprint density at radius 3 is 2.54 bits per heavy atom. The molecule has 11 heteroatoms. The van der Waals surface area contributed by atoms with Gasteiger partial charge in [-0.3, -0.25) is 4.40 Å². The lowest BCUT2D eigenvalue weighted by molar-refractivity contribution is -0.145. The number of aromatic nitrogens is 6. The van der Waals surface area contributed by atoms with Gasteiger partial charge in [0, 0.05) is 30.2 Å². The van der Waals surface area contributed by atoms with Crippen molar-refractivity contribution in [1.29, 1.82) is 0 Å². The Morgan fingerprint density at radius 2 is 1.76 bits per heavy atom. The van der Waals surface area contributed by atoms with Crippen molar-refractivity contribution in [1.82, 2.24) is 29.5 Å². The van der Waals surface area contributed by atoms with Crippen LogP contribution in [0.4, 0.5) is 29.1 Å². The summed E-state index contributed by atoms with van der Waals surface area (Å²) < 4.78 is 55.2. The Bertz CT molecular complexity index is 1730. The Balaban J connectivity index is 1.45. The van der Waals surface area contributed by atoms with Crippen molar-refractivity contribution >= 4 is 28.2 Å². The number of benzene rings is 2. The second kappa shape index (κ2) is 8.51. The van der Waals surface area contributed by atoms with Crippen molar-refractivity contribution in [2.45, 2.75) is 25.9 Å². The fourth-order valence-corrected chi connectivity index (χ4v) is 4.61. The molecule has 0 fully saturated rings. The average molecular weight is 503 g/mol. The van der Waals surface area contributed by atoms with Gasteiger partial charge in [-0.15, -0.1) is 10.2 Å². The molecule has 0 bridgehead atoms. The SMILES string of the molecule is Cc1nnc2nc(N3CCCc4c(C#Cc5cnc(C(F)(F)F)nc5)cccc43)c3c(F)cccc3n12. The molecule has 184 valence electrons. The van der Waals surface area contributed by atoms with Crippen LogP contribution in [0, 0.1) is 24.6 Å². The van der Waals surface area contributed by atoms with E-state index in [4.69, 9.17) is 0 Å². The topological polar surface area (TPSA) is 72.1 Å². The molecular weight excluding hydrogens is 486 g/mol. The first-order valence-corrected chi connectivity index (χ1v) is 11.4. The quantitative estimate of drug-likeness (QED) is 0.236. The summed E-state index contributed by atoms with van der Waals surface area (Å²) in [6.45, 7) is 2.39. The number of aryl methyl sites for hydroxylation is 1. The Kier molecular flexibility index (Phi) is 5.26. The molecular formula is C26H17F4N7. The molecule has 2 aromatic carbocycles. The predicted octanol–water partition coefficient (Wildman–Crippen LogP) is 5.02. The van der Waals surface area contributed by atoms with Crippen LogP contribution in [0.5, 0.6) is 0 Å². The van der Waals surface area contributed by atoms with Gasteiger partial charge in [-0.1, -0.05) is 24.0 Å². The van der Waals surface area contributed by atoms with Gasteiger partial charge in [-0.25, -0.2) is 14.4 Å². The molecule has 0 atom stereocenters. The Hall–Kier alpha value is -4.59. The molecule has 7 nitrogen and oxygen atoms in total. The van der Waals surface area contributed by atoms with E-state index in [0.717, 1.165) is 36.5 Å². The van der Waals surface area contributed by atoms with E-state index in [0.29, 0.717) is 40.4 Å². The molecule has 0 N–H and O–H groups in total. The minimum absolute atomic E-state index is 0.264. The molecule has 0 amide bonds. The first kappa shape index (κ1) is 22.8. The molecule has 0 saturated heterocycles. The van der Waals surface area contributed by atoms with E-state index >= 15 is 4.39 Å². The number of hydrogen-bond acceptors (Lipinski definition) is 6. The summed E-state index contributed by atoms with van der Waals surface area (Å²) in [6, 6.07) is 10.5. The highest BCUT2D eigenvalue weighted by molar-refractivity contribution is 5.94. The van der Waals surface area contributed by atoms with E-state index in [1.807, 2.05) is 29.2 Å². The molecule has 3 aromatic heterocycles. The minimum Gasteiger partial charge on any atom is -0.325 e. The van der Waals surface area contributed by atoms with Crippen LogP contribution in [0.15, 0.2) is 48.8 Å². The second-order valence-electron chi connectivity index (χ2n) is 8.55. The number of hydrogen-bond donors (Lipinski definition) is 0. The van der Waals surface area contributed by atoms with Gasteiger partial charge >= 0.3 is 6.18 Å². The summed E-state index contributed by atoms with van der Waals surface area (Å²) in [5, 5.41) is 8.64. The van der Waals surface area contributed by atoms with Gasteiger partial charge in [0.2, 0.25) is 5.82 Å². The van der Waals surface area contributed by atoms with Crippen molar-refractivity contribution in [2.75, 3.05) is 11.4 Å². The summed E-state index contributed by atoms with van der Waals surface area (Å²) in [5.41, 5.74) is 3.37. The number of nitrogens with zero attached hydrogens (tertiary/aromatic N) is 7. The molecule has 5 aromatic rings. The molecule has 1 aliphatic heterocycles. The zero-order valence-electron chi connectivity index (χ0n) is 19.4. The van der Waals surface area contributed by atoms with Gasteiger partial charge in [-0.05, 0) is 49.6 Å². The summed E-state index contributed by atoms with van der Waals surface area (Å²) >= 11 is 0. The van der Waals surface area contributed by atoms with Gasteiger partial charge in [0.25, 0.3) is 5.78 Å². The van der Waals surface area contributed by atoms with E-state index in [1.54, 1.807) is 17.4 Å². The first-order chi connectivity index (χ1) is 17.8. The summed E-state index contributed by atoms with van der Waals surface area (Å²) in [6.07, 6.45) is -1.01. The zero-order valence-corrected chi connectivity index (χ0v) is 19.4. The van der Waals surface area contributed by atoms with Crippen molar-refractivity contribution in [3.63, 3.8) is 0 Å². The molecule has 6 rings (SSSR count). The van der Waals surface area contributed by atoms with Crippen LogP contribution in [0.25, 0.3) is 16.7 Å². The normalized spacial score (nSPS) is 13.5. The third-order valence-corrected chi connectivity index (χ3v) is 6.22. The lowest BCUT2D eigenvalue weighted by Gasteiger charge is -2.32. The summed E-state index contributed by atoms with van der Waals surface area (Å²) in [7, 11) is 0. The van der Waals surface area contributed by atoms with E-state index in [-0.39, 0.29) is 5.56 Å². The maximum Gasteiger partial charge on any atom is 0.451 e. The Labute approximate surface area is 207 Å². The van der Waals surface area contributed by atoms with Crippen LogP contribution >= 0.6 is 0 Å². The monoisotopic (exact) mass is 503 g/mol. The van der Waals surface area contributed by atoms with Gasteiger partial charge in [0.05, 0.1) is 16.5 Å². The molecule has 37 heavy (non-hydrogen) atoms. The van der Waals surface area contributed by atoms with Gasteiger partial charge in [-0.2, -0.15) is 18.2 Å². The van der Waals surface area contributed by atoms with Crippen molar-refractivity contribution in [2.24, 2.45) is 0 Å². The fraction of sp³-hybridized carbons (Fsp3) is 0.192. The van der Waals surface area contributed by atoms with Crippen molar-refractivity contribution < 1.29 is 17.6 Å². The Morgan fingerprint density at radius 1 is 0.973 bits per heavy atom. The van der Waals surface area contributed by atoms with Crippen LogP contribution in [0.2, 0.25) is 0 Å². The van der Waals surface area contributed by atoms with Gasteiger partial charge in [0.1, 0.15) is 17.5 Å².